The zero-order valence-electron chi connectivity index (χ0n) is 12.2. The zero-order chi connectivity index (χ0) is 15.7. The number of nitrogens with zero attached hydrogens (tertiary/aromatic N) is 1. The van der Waals surface area contributed by atoms with Gasteiger partial charge in [0.05, 0.1) is 0 Å². The van der Waals surface area contributed by atoms with Gasteiger partial charge in [-0.2, -0.15) is 0 Å². The molecule has 5 nitrogen and oxygen atoms in total. The Morgan fingerprint density at radius 2 is 2.05 bits per heavy atom. The molecule has 0 amide bonds. The van der Waals surface area contributed by atoms with Crippen LogP contribution in [0, 0.1) is 6.92 Å². The number of benzene rings is 1. The van der Waals surface area contributed by atoms with Gasteiger partial charge in [-0.05, 0) is 0 Å². The van der Waals surface area contributed by atoms with Gasteiger partial charge < -0.3 is 0 Å². The molecule has 3 rings (SSSR count). The van der Waals surface area contributed by atoms with Crippen LogP contribution >= 0.6 is 0 Å². The van der Waals surface area contributed by atoms with Gasteiger partial charge in [-0.25, -0.2) is 0 Å². The van der Waals surface area contributed by atoms with E-state index in [1.54, 1.807) is 6.92 Å². The number of hydrogen-bond acceptors (Lipinski definition) is 4. The summed E-state index contributed by atoms with van der Waals surface area (Å²) < 4.78 is 6.61. The quantitative estimate of drug-likeness (QED) is 0.573. The Morgan fingerprint density at radius 3 is 2.73 bits per heavy atom. The van der Waals surface area contributed by atoms with Crippen molar-refractivity contribution in [1.29, 1.82) is 0 Å². The molecule has 2 aromatic heterocycles. The van der Waals surface area contributed by atoms with E-state index in [2.05, 4.69) is 9.97 Å². The Labute approximate surface area is 132 Å². The molecule has 3 aromatic rings. The van der Waals surface area contributed by atoms with Crippen LogP contribution in [0.4, 0.5) is 0 Å². The number of ether oxygens (including phenoxy) is 1. The molecule has 1 aromatic carbocycles. The first-order chi connectivity index (χ1) is 10.6. The Morgan fingerprint density at radius 1 is 1.32 bits per heavy atom. The van der Waals surface area contributed by atoms with Crippen LogP contribution in [0.3, 0.4) is 0 Å². The van der Waals surface area contributed by atoms with Gasteiger partial charge in [0.25, 0.3) is 0 Å². The predicted octanol–water partition coefficient (Wildman–Crippen LogP) is 2.13. The summed E-state index contributed by atoms with van der Waals surface area (Å²) >= 11 is -0.113. The number of carbonyl (C=O) groups is 1. The molecule has 0 atom stereocenters. The fourth-order valence-electron chi connectivity index (χ4n) is 2.10. The summed E-state index contributed by atoms with van der Waals surface area (Å²) in [6.07, 6.45) is 0. The second-order valence-corrected chi connectivity index (χ2v) is 7.03. The number of carbonyl (C=O) groups excluding carboxylic acids is 1. The Hall–Kier alpha value is -2.17. The fraction of sp³-hybridized carbons (Fsp3) is 0.188. The van der Waals surface area contributed by atoms with E-state index in [0.29, 0.717) is 9.78 Å². The second kappa shape index (κ2) is 5.91. The Bertz CT molecular complexity index is 894. The molecule has 112 valence electrons. The Balaban J connectivity index is 2.09. The molecule has 0 bridgehead atoms. The van der Waals surface area contributed by atoms with Crippen molar-refractivity contribution in [2.45, 2.75) is 13.8 Å². The van der Waals surface area contributed by atoms with E-state index in [-0.39, 0.29) is 32.5 Å². The van der Waals surface area contributed by atoms with Gasteiger partial charge in [0.2, 0.25) is 0 Å². The molecule has 6 heteroatoms. The summed E-state index contributed by atoms with van der Waals surface area (Å²) in [5.74, 6) is -0.644. The number of aromatic nitrogens is 2. The van der Waals surface area contributed by atoms with Crippen molar-refractivity contribution in [3.63, 3.8) is 0 Å². The summed E-state index contributed by atoms with van der Waals surface area (Å²) in [5, 5.41) is 0. The number of esters is 1. The van der Waals surface area contributed by atoms with Crippen molar-refractivity contribution < 1.29 is 9.53 Å². The summed E-state index contributed by atoms with van der Waals surface area (Å²) in [5.41, 5.74) is 2.59. The summed E-state index contributed by atoms with van der Waals surface area (Å²) in [4.78, 5) is 30.6. The first-order valence-electron chi connectivity index (χ1n) is 6.86. The van der Waals surface area contributed by atoms with E-state index in [1.165, 1.54) is 5.56 Å². The van der Waals surface area contributed by atoms with E-state index in [4.69, 9.17) is 4.74 Å². The van der Waals surface area contributed by atoms with Gasteiger partial charge in [0.15, 0.2) is 0 Å². The molecule has 0 fully saturated rings. The number of hydrogen-bond donors (Lipinski definition) is 1. The molecular weight excluding hydrogens is 347 g/mol. The fourth-order valence-corrected chi connectivity index (χ4v) is 4.19. The molecule has 22 heavy (non-hydrogen) atoms. The molecule has 0 spiro atoms. The number of nitrogens with one attached hydrogen (secondary N) is 1. The summed E-state index contributed by atoms with van der Waals surface area (Å²) in [6.45, 7) is 3.99. The molecule has 0 saturated carbocycles. The van der Waals surface area contributed by atoms with Gasteiger partial charge in [-0.1, -0.05) is 0 Å². The third-order valence-corrected chi connectivity index (χ3v) is 5.65. The normalized spacial score (nSPS) is 10.8. The standard InChI is InChI=1S/C16H14N2O3Se/c1-3-21-16(20)14-17-11-8-12(22-13(11)15(19)18-14)10-6-4-9(2)5-7-10/h4-8H,3H2,1-2H3,(H,17,18,19). The van der Waals surface area contributed by atoms with Gasteiger partial charge in [0.1, 0.15) is 0 Å². The topological polar surface area (TPSA) is 72.0 Å². The van der Waals surface area contributed by atoms with Gasteiger partial charge in [-0.15, -0.1) is 0 Å². The Kier molecular flexibility index (Phi) is 3.96. The maximum atomic E-state index is 12.2. The number of aryl methyl sites for hydroxylation is 1. The first kappa shape index (κ1) is 14.8. The van der Waals surface area contributed by atoms with E-state index in [1.807, 2.05) is 37.3 Å². The van der Waals surface area contributed by atoms with Gasteiger partial charge in [-0.3, -0.25) is 0 Å². The molecule has 0 aliphatic rings. The van der Waals surface area contributed by atoms with Gasteiger partial charge >= 0.3 is 132 Å². The number of rotatable bonds is 3. The van der Waals surface area contributed by atoms with E-state index >= 15 is 0 Å². The van der Waals surface area contributed by atoms with Crippen LogP contribution < -0.4 is 5.56 Å². The molecule has 2 heterocycles. The van der Waals surface area contributed by atoms with Crippen LogP contribution in [-0.2, 0) is 4.74 Å². The predicted molar refractivity (Wildman–Crippen MR) is 85.4 cm³/mol. The van der Waals surface area contributed by atoms with E-state index < -0.39 is 5.97 Å². The number of aromatic amines is 1. The number of fused-ring (bicyclic) bond motifs is 1. The van der Waals surface area contributed by atoms with Crippen molar-refractivity contribution in [3.8, 4) is 10.0 Å². The van der Waals surface area contributed by atoms with Crippen molar-refractivity contribution in [3.05, 3.63) is 52.1 Å². The van der Waals surface area contributed by atoms with Crippen LogP contribution in [0.1, 0.15) is 23.1 Å². The zero-order valence-corrected chi connectivity index (χ0v) is 13.9. The van der Waals surface area contributed by atoms with Crippen LogP contribution in [0.15, 0.2) is 35.1 Å². The molecular formula is C16H14N2O3Se. The first-order valence-corrected chi connectivity index (χ1v) is 8.58. The van der Waals surface area contributed by atoms with Crippen LogP contribution in [-0.4, -0.2) is 37.0 Å². The van der Waals surface area contributed by atoms with Crippen molar-refractivity contribution in [2.75, 3.05) is 6.61 Å². The third-order valence-electron chi connectivity index (χ3n) is 3.19. The monoisotopic (exact) mass is 362 g/mol. The molecule has 1 N–H and O–H groups in total. The van der Waals surface area contributed by atoms with Crippen molar-refractivity contribution in [2.24, 2.45) is 0 Å². The molecule has 0 saturated heterocycles. The average molecular weight is 361 g/mol. The number of H-pyrrole nitrogens is 1. The maximum absolute atomic E-state index is 12.2. The molecule has 0 unspecified atom stereocenters. The second-order valence-electron chi connectivity index (χ2n) is 4.83. The van der Waals surface area contributed by atoms with Crippen LogP contribution in [0.2, 0.25) is 0 Å². The van der Waals surface area contributed by atoms with Crippen molar-refractivity contribution in [1.82, 2.24) is 9.97 Å². The molecule has 0 aliphatic heterocycles. The summed E-state index contributed by atoms with van der Waals surface area (Å²) in [6, 6.07) is 10.0. The average Bonchev–Trinajstić information content (AvgIpc) is 2.93. The van der Waals surface area contributed by atoms with Crippen LogP contribution in [0.25, 0.3) is 19.8 Å². The minimum atomic E-state index is -0.605. The third kappa shape index (κ3) is 2.75. The van der Waals surface area contributed by atoms with Gasteiger partial charge in [0, 0.05) is 0 Å². The van der Waals surface area contributed by atoms with Crippen molar-refractivity contribution >= 4 is 30.2 Å². The molecule has 0 radical (unpaired) electrons. The molecule has 0 aliphatic carbocycles. The van der Waals surface area contributed by atoms with Crippen LogP contribution in [0.5, 0.6) is 0 Å². The minimum absolute atomic E-state index is 0.0391. The SMILES string of the molecule is CCOC(=O)c1nc2cc(-c3ccc(C)cc3)[se]c2c(=O)[nH]1. The van der Waals surface area contributed by atoms with E-state index in [0.717, 1.165) is 10.0 Å². The van der Waals surface area contributed by atoms with E-state index in [9.17, 15) is 9.59 Å². The summed E-state index contributed by atoms with van der Waals surface area (Å²) in [7, 11) is 0.